The molecular formula is C6H14N2OS. The third kappa shape index (κ3) is 1.78. The molecule has 3 nitrogen and oxygen atoms in total. The van der Waals surface area contributed by atoms with E-state index in [4.69, 9.17) is 5.73 Å². The molecule has 0 aromatic heterocycles. The number of rotatable bonds is 3. The lowest BCUT2D eigenvalue weighted by Gasteiger charge is -2.33. The molecule has 0 saturated carbocycles. The fraction of sp³-hybridized carbons (Fsp3) is 1.00. The average Bonchev–Trinajstić information content (AvgIpc) is 1.82. The normalized spacial score (nSPS) is 32.3. The van der Waals surface area contributed by atoms with Crippen LogP contribution in [-0.4, -0.2) is 46.8 Å². The van der Waals surface area contributed by atoms with Gasteiger partial charge in [-0.3, -0.25) is 4.21 Å². The van der Waals surface area contributed by atoms with Crippen LogP contribution in [0.25, 0.3) is 0 Å². The first kappa shape index (κ1) is 8.17. The van der Waals surface area contributed by atoms with Crippen LogP contribution in [-0.2, 0) is 10.8 Å². The van der Waals surface area contributed by atoms with E-state index in [0.717, 1.165) is 18.1 Å². The van der Waals surface area contributed by atoms with Crippen molar-refractivity contribution in [3.05, 3.63) is 0 Å². The fourth-order valence-corrected chi connectivity index (χ4v) is 2.29. The van der Waals surface area contributed by atoms with Gasteiger partial charge in [0.1, 0.15) is 0 Å². The van der Waals surface area contributed by atoms with Gasteiger partial charge in [0.25, 0.3) is 0 Å². The van der Waals surface area contributed by atoms with Gasteiger partial charge in [-0.05, 0) is 7.05 Å². The van der Waals surface area contributed by atoms with E-state index in [1.54, 1.807) is 0 Å². The molecule has 1 aliphatic rings. The third-order valence-electron chi connectivity index (χ3n) is 1.86. The highest BCUT2D eigenvalue weighted by atomic mass is 32.2. The second-order valence-corrected chi connectivity index (χ2v) is 4.24. The number of hydrogen-bond donors (Lipinski definition) is 1. The minimum Gasteiger partial charge on any atom is -0.329 e. The Labute approximate surface area is 64.0 Å². The fourth-order valence-electron chi connectivity index (χ4n) is 1.02. The van der Waals surface area contributed by atoms with Crippen molar-refractivity contribution in [2.24, 2.45) is 5.73 Å². The summed E-state index contributed by atoms with van der Waals surface area (Å²) >= 11 is 0. The summed E-state index contributed by atoms with van der Waals surface area (Å²) in [5.74, 6) is 1.69. The predicted octanol–water partition coefficient (Wildman–Crippen LogP) is -0.992. The Kier molecular flexibility index (Phi) is 2.82. The van der Waals surface area contributed by atoms with Crippen LogP contribution in [0, 0.1) is 0 Å². The van der Waals surface area contributed by atoms with Crippen molar-refractivity contribution < 1.29 is 4.21 Å². The lowest BCUT2D eigenvalue weighted by Crippen LogP contribution is -2.50. The van der Waals surface area contributed by atoms with Crippen molar-refractivity contribution in [3.63, 3.8) is 0 Å². The second-order valence-electron chi connectivity index (χ2n) is 2.70. The molecule has 0 unspecified atom stereocenters. The van der Waals surface area contributed by atoms with Gasteiger partial charge in [0.2, 0.25) is 0 Å². The number of nitrogens with zero attached hydrogens (tertiary/aromatic N) is 1. The Morgan fingerprint density at radius 3 is 2.70 bits per heavy atom. The van der Waals surface area contributed by atoms with Crippen molar-refractivity contribution in [3.8, 4) is 0 Å². The average molecular weight is 162 g/mol. The molecule has 0 radical (unpaired) electrons. The zero-order valence-electron chi connectivity index (χ0n) is 6.25. The van der Waals surface area contributed by atoms with Crippen LogP contribution in [0.2, 0.25) is 0 Å². The molecule has 1 heterocycles. The Hall–Kier alpha value is 0.0700. The van der Waals surface area contributed by atoms with Gasteiger partial charge in [0.15, 0.2) is 0 Å². The number of nitrogens with two attached hydrogens (primary N) is 1. The zero-order chi connectivity index (χ0) is 7.56. The van der Waals surface area contributed by atoms with Gasteiger partial charge in [0.05, 0.1) is 0 Å². The van der Waals surface area contributed by atoms with Gasteiger partial charge in [-0.2, -0.15) is 0 Å². The molecule has 2 N–H and O–H groups in total. The van der Waals surface area contributed by atoms with Crippen LogP contribution < -0.4 is 5.73 Å². The summed E-state index contributed by atoms with van der Waals surface area (Å²) in [7, 11) is 1.51. The zero-order valence-corrected chi connectivity index (χ0v) is 7.06. The molecule has 0 aliphatic carbocycles. The van der Waals surface area contributed by atoms with Crippen molar-refractivity contribution >= 4 is 10.8 Å². The largest absolute Gasteiger partial charge is 0.329 e. The second kappa shape index (κ2) is 3.46. The third-order valence-corrected chi connectivity index (χ3v) is 3.37. The highest BCUT2D eigenvalue weighted by Crippen LogP contribution is 2.10. The first-order valence-electron chi connectivity index (χ1n) is 3.49. The van der Waals surface area contributed by atoms with Crippen LogP contribution in [0.15, 0.2) is 0 Å². The first-order valence-corrected chi connectivity index (χ1v) is 4.98. The molecule has 60 valence electrons. The molecule has 1 aliphatic heterocycles. The SMILES string of the molecule is CN(CCN)C1CS(=O)C1. The maximum atomic E-state index is 10.7. The van der Waals surface area contributed by atoms with Gasteiger partial charge in [0, 0.05) is 41.4 Å². The van der Waals surface area contributed by atoms with Crippen molar-refractivity contribution in [1.29, 1.82) is 0 Å². The summed E-state index contributed by atoms with van der Waals surface area (Å²) in [6, 6.07) is 0.532. The van der Waals surface area contributed by atoms with Crippen molar-refractivity contribution in [2.75, 3.05) is 31.6 Å². The van der Waals surface area contributed by atoms with E-state index in [9.17, 15) is 4.21 Å². The molecular weight excluding hydrogens is 148 g/mol. The maximum Gasteiger partial charge on any atom is 0.0400 e. The topological polar surface area (TPSA) is 46.3 Å². The van der Waals surface area contributed by atoms with Gasteiger partial charge in [-0.15, -0.1) is 0 Å². The molecule has 0 bridgehead atoms. The van der Waals surface area contributed by atoms with Crippen LogP contribution in [0.1, 0.15) is 0 Å². The van der Waals surface area contributed by atoms with Gasteiger partial charge < -0.3 is 10.6 Å². The van der Waals surface area contributed by atoms with Crippen LogP contribution in [0.5, 0.6) is 0 Å². The minimum atomic E-state index is -0.529. The molecule has 0 aromatic carbocycles. The lowest BCUT2D eigenvalue weighted by atomic mass is 10.3. The lowest BCUT2D eigenvalue weighted by molar-refractivity contribution is 0.275. The van der Waals surface area contributed by atoms with Gasteiger partial charge in [-0.1, -0.05) is 0 Å². The Balaban J connectivity index is 2.17. The van der Waals surface area contributed by atoms with E-state index in [2.05, 4.69) is 4.90 Å². The van der Waals surface area contributed by atoms with E-state index < -0.39 is 10.8 Å². The van der Waals surface area contributed by atoms with E-state index in [1.165, 1.54) is 0 Å². The summed E-state index contributed by atoms with van der Waals surface area (Å²) < 4.78 is 10.7. The van der Waals surface area contributed by atoms with E-state index in [-0.39, 0.29) is 0 Å². The Morgan fingerprint density at radius 2 is 2.30 bits per heavy atom. The molecule has 1 rings (SSSR count). The van der Waals surface area contributed by atoms with E-state index in [0.29, 0.717) is 12.6 Å². The van der Waals surface area contributed by atoms with E-state index >= 15 is 0 Å². The molecule has 0 atom stereocenters. The maximum absolute atomic E-state index is 10.7. The summed E-state index contributed by atoms with van der Waals surface area (Å²) in [5, 5.41) is 0. The Bertz CT molecular complexity index is 132. The van der Waals surface area contributed by atoms with Gasteiger partial charge in [-0.25, -0.2) is 0 Å². The molecule has 4 heteroatoms. The summed E-state index contributed by atoms with van der Waals surface area (Å²) in [5.41, 5.74) is 5.36. The smallest absolute Gasteiger partial charge is 0.0400 e. The molecule has 1 saturated heterocycles. The van der Waals surface area contributed by atoms with Crippen LogP contribution in [0.3, 0.4) is 0 Å². The standard InChI is InChI=1S/C6H14N2OS/c1-8(3-2-7)6-4-10(9)5-6/h6H,2-5,7H2,1H3. The highest BCUT2D eigenvalue weighted by molar-refractivity contribution is 7.86. The highest BCUT2D eigenvalue weighted by Gasteiger charge is 2.27. The molecule has 0 aromatic rings. The summed E-state index contributed by atoms with van der Waals surface area (Å²) in [6.45, 7) is 1.61. The van der Waals surface area contributed by atoms with Crippen LogP contribution in [0.4, 0.5) is 0 Å². The molecule has 0 amide bonds. The van der Waals surface area contributed by atoms with Crippen LogP contribution >= 0.6 is 0 Å². The quantitative estimate of drug-likeness (QED) is 0.579. The summed E-state index contributed by atoms with van der Waals surface area (Å²) in [6.07, 6.45) is 0. The molecule has 10 heavy (non-hydrogen) atoms. The monoisotopic (exact) mass is 162 g/mol. The first-order chi connectivity index (χ1) is 4.74. The van der Waals surface area contributed by atoms with Crippen molar-refractivity contribution in [2.45, 2.75) is 6.04 Å². The number of hydrogen-bond acceptors (Lipinski definition) is 3. The molecule has 1 fully saturated rings. The van der Waals surface area contributed by atoms with Crippen molar-refractivity contribution in [1.82, 2.24) is 4.90 Å². The number of likely N-dealkylation sites (N-methyl/N-ethyl adjacent to an activating group) is 1. The van der Waals surface area contributed by atoms with E-state index in [1.807, 2.05) is 7.05 Å². The molecule has 0 spiro atoms. The Morgan fingerprint density at radius 1 is 1.70 bits per heavy atom. The minimum absolute atomic E-state index is 0.529. The predicted molar refractivity (Wildman–Crippen MR) is 43.3 cm³/mol. The summed E-state index contributed by atoms with van der Waals surface area (Å²) in [4.78, 5) is 2.18. The van der Waals surface area contributed by atoms with Gasteiger partial charge >= 0.3 is 0 Å².